The number of ether oxygens (including phenoxy) is 2. The quantitative estimate of drug-likeness (QED) is 0.240. The zero-order chi connectivity index (χ0) is 30.5. The summed E-state index contributed by atoms with van der Waals surface area (Å²) in [5.41, 5.74) is 1.74. The van der Waals surface area contributed by atoms with Crippen molar-refractivity contribution in [1.29, 1.82) is 0 Å². The molecule has 2 N–H and O–H groups in total. The molecular formula is C27H21F9N2O3. The third kappa shape index (κ3) is 6.15. The van der Waals surface area contributed by atoms with Crippen molar-refractivity contribution in [2.24, 2.45) is 0 Å². The van der Waals surface area contributed by atoms with Crippen LogP contribution in [0.4, 0.5) is 50.0 Å². The fraction of sp³-hybridized carbons (Fsp3) is 0.296. The number of benzene rings is 3. The van der Waals surface area contributed by atoms with Crippen LogP contribution in [0.5, 0.6) is 5.75 Å². The zero-order valence-electron chi connectivity index (χ0n) is 21.2. The van der Waals surface area contributed by atoms with E-state index in [0.29, 0.717) is 17.7 Å². The second-order valence-electron chi connectivity index (χ2n) is 9.34. The Morgan fingerprint density at radius 3 is 1.93 bits per heavy atom. The average Bonchev–Trinajstić information content (AvgIpc) is 3.15. The third-order valence-corrected chi connectivity index (χ3v) is 6.62. The molecule has 0 saturated carbocycles. The van der Waals surface area contributed by atoms with Crippen molar-refractivity contribution in [2.45, 2.75) is 44.1 Å². The van der Waals surface area contributed by atoms with Crippen molar-refractivity contribution in [3.05, 3.63) is 82.4 Å². The van der Waals surface area contributed by atoms with Crippen LogP contribution in [-0.2, 0) is 29.8 Å². The Balaban J connectivity index is 1.78. The molecule has 1 aliphatic rings. The Bertz CT molecular complexity index is 1430. The van der Waals surface area contributed by atoms with Gasteiger partial charge in [0, 0.05) is 11.3 Å². The number of alkyl halides is 9. The van der Waals surface area contributed by atoms with Crippen molar-refractivity contribution in [2.75, 3.05) is 12.8 Å². The number of methoxy groups -OCH3 is 1. The largest absolute Gasteiger partial charge is 0.496 e. The highest BCUT2D eigenvalue weighted by Gasteiger charge is 2.43. The van der Waals surface area contributed by atoms with Gasteiger partial charge in [-0.25, -0.2) is 4.79 Å². The summed E-state index contributed by atoms with van der Waals surface area (Å²) in [6.07, 6.45) is -17.8. The number of hydrogen-bond donors (Lipinski definition) is 1. The maximum atomic E-state index is 13.6. The minimum atomic E-state index is -5.13. The summed E-state index contributed by atoms with van der Waals surface area (Å²) < 4.78 is 132. The molecule has 3 aromatic carbocycles. The molecule has 41 heavy (non-hydrogen) atoms. The molecule has 0 spiro atoms. The Morgan fingerprint density at radius 2 is 1.39 bits per heavy atom. The van der Waals surface area contributed by atoms with Gasteiger partial charge in [0.1, 0.15) is 11.9 Å². The summed E-state index contributed by atoms with van der Waals surface area (Å²) in [5, 5.41) is 0. The van der Waals surface area contributed by atoms with E-state index >= 15 is 0 Å². The number of carbonyl (C=O) groups excluding carboxylic acids is 1. The highest BCUT2D eigenvalue weighted by atomic mass is 19.4. The van der Waals surface area contributed by atoms with Crippen LogP contribution >= 0.6 is 0 Å². The van der Waals surface area contributed by atoms with Gasteiger partial charge in [-0.05, 0) is 72.1 Å². The van der Waals surface area contributed by atoms with Gasteiger partial charge in [0.25, 0.3) is 0 Å². The monoisotopic (exact) mass is 592 g/mol. The maximum absolute atomic E-state index is 13.6. The van der Waals surface area contributed by atoms with Gasteiger partial charge in [0.2, 0.25) is 0 Å². The molecule has 1 aliphatic heterocycles. The molecule has 0 unspecified atom stereocenters. The van der Waals surface area contributed by atoms with Crippen LogP contribution in [0.1, 0.15) is 40.8 Å². The van der Waals surface area contributed by atoms with Crippen LogP contribution in [0, 0.1) is 0 Å². The number of nitrogen functional groups attached to an aromatic ring is 1. The molecule has 0 aromatic heterocycles. The van der Waals surface area contributed by atoms with E-state index in [1.807, 2.05) is 0 Å². The van der Waals surface area contributed by atoms with Crippen LogP contribution in [-0.4, -0.2) is 24.1 Å². The molecule has 5 nitrogen and oxygen atoms in total. The van der Waals surface area contributed by atoms with Gasteiger partial charge in [-0.15, -0.1) is 0 Å². The summed E-state index contributed by atoms with van der Waals surface area (Å²) in [6, 6.07) is 6.85. The first-order chi connectivity index (χ1) is 18.9. The Hall–Kier alpha value is -4.10. The van der Waals surface area contributed by atoms with Crippen LogP contribution in [0.2, 0.25) is 0 Å². The summed E-state index contributed by atoms with van der Waals surface area (Å²) in [5.74, 6) is 0.249. The van der Waals surface area contributed by atoms with Crippen LogP contribution in [0.15, 0.2) is 54.6 Å². The number of cyclic esters (lactones) is 1. The second kappa shape index (κ2) is 10.4. The van der Waals surface area contributed by atoms with Crippen LogP contribution < -0.4 is 10.5 Å². The summed E-state index contributed by atoms with van der Waals surface area (Å²) >= 11 is 0. The van der Waals surface area contributed by atoms with E-state index < -0.39 is 65.6 Å². The fourth-order valence-electron chi connectivity index (χ4n) is 4.59. The van der Waals surface area contributed by atoms with Crippen molar-refractivity contribution < 1.29 is 53.8 Å². The summed E-state index contributed by atoms with van der Waals surface area (Å²) in [4.78, 5) is 13.8. The first-order valence-corrected chi connectivity index (χ1v) is 11.8. The molecular weight excluding hydrogens is 571 g/mol. The van der Waals surface area contributed by atoms with Gasteiger partial charge in [-0.2, -0.15) is 39.5 Å². The van der Waals surface area contributed by atoms with Crippen LogP contribution in [0.3, 0.4) is 0 Å². The van der Waals surface area contributed by atoms with Gasteiger partial charge in [-0.1, -0.05) is 6.07 Å². The highest BCUT2D eigenvalue weighted by molar-refractivity contribution is 5.78. The molecule has 1 saturated heterocycles. The molecule has 0 radical (unpaired) electrons. The van der Waals surface area contributed by atoms with E-state index in [1.165, 1.54) is 32.2 Å². The van der Waals surface area contributed by atoms with Gasteiger partial charge < -0.3 is 15.2 Å². The first kappa shape index (κ1) is 29.9. The molecule has 2 atom stereocenters. The van der Waals surface area contributed by atoms with Crippen molar-refractivity contribution in [1.82, 2.24) is 4.90 Å². The van der Waals surface area contributed by atoms with Gasteiger partial charge in [0.05, 0.1) is 36.4 Å². The number of hydrogen-bond acceptors (Lipinski definition) is 4. The lowest BCUT2D eigenvalue weighted by atomic mass is 9.94. The number of nitrogens with two attached hydrogens (primary N) is 1. The molecule has 14 heteroatoms. The van der Waals surface area contributed by atoms with E-state index in [2.05, 4.69) is 0 Å². The lowest BCUT2D eigenvalue weighted by molar-refractivity contribution is -0.143. The standard InChI is InChI=1S/C27H21F9N2O3/c1-13-23(14-7-17(26(31,32)33)10-18(8-14)27(34,35)36)41-24(39)38(13)12-15-9-16(25(28,29)30)3-5-20(15)21-11-19(37)4-6-22(21)40-2/h3-11,13,23H,12,37H2,1-2H3/t13-,23-/m0/s1. The van der Waals surface area contributed by atoms with E-state index in [-0.39, 0.29) is 28.6 Å². The molecule has 3 aromatic rings. The van der Waals surface area contributed by atoms with Gasteiger partial charge in [-0.3, -0.25) is 4.90 Å². The number of rotatable bonds is 5. The molecule has 1 fully saturated rings. The number of halogens is 9. The van der Waals surface area contributed by atoms with Crippen LogP contribution in [0.25, 0.3) is 11.1 Å². The van der Waals surface area contributed by atoms with Gasteiger partial charge in [0.15, 0.2) is 0 Å². The Labute approximate surface area is 227 Å². The lowest BCUT2D eigenvalue weighted by Crippen LogP contribution is -2.32. The second-order valence-corrected chi connectivity index (χ2v) is 9.34. The molecule has 1 amide bonds. The molecule has 4 rings (SSSR count). The SMILES string of the molecule is COc1ccc(N)cc1-c1ccc(C(F)(F)F)cc1CN1C(=O)O[C@H](c2cc(C(F)(F)F)cc(C(F)(F)F)c2)[C@@H]1C. The summed E-state index contributed by atoms with van der Waals surface area (Å²) in [6.45, 7) is 0.774. The molecule has 0 bridgehead atoms. The predicted octanol–water partition coefficient (Wildman–Crippen LogP) is 8.08. The minimum Gasteiger partial charge on any atom is -0.496 e. The number of amides is 1. The number of nitrogens with zero attached hydrogens (tertiary/aromatic N) is 1. The minimum absolute atomic E-state index is 0.0480. The first-order valence-electron chi connectivity index (χ1n) is 11.8. The normalized spacial score (nSPS) is 18.0. The lowest BCUT2D eigenvalue weighted by Gasteiger charge is -2.24. The van der Waals surface area contributed by atoms with E-state index in [1.54, 1.807) is 0 Å². The molecule has 0 aliphatic carbocycles. The van der Waals surface area contributed by atoms with Gasteiger partial charge >= 0.3 is 24.6 Å². The van der Waals surface area contributed by atoms with Crippen molar-refractivity contribution >= 4 is 11.8 Å². The van der Waals surface area contributed by atoms with Crippen molar-refractivity contribution in [3.63, 3.8) is 0 Å². The number of anilines is 1. The van der Waals surface area contributed by atoms with Crippen molar-refractivity contribution in [3.8, 4) is 16.9 Å². The van der Waals surface area contributed by atoms with E-state index in [4.69, 9.17) is 15.2 Å². The summed E-state index contributed by atoms with van der Waals surface area (Å²) in [7, 11) is 1.33. The third-order valence-electron chi connectivity index (χ3n) is 6.62. The average molecular weight is 592 g/mol. The Morgan fingerprint density at radius 1 is 0.805 bits per heavy atom. The zero-order valence-corrected chi connectivity index (χ0v) is 21.2. The maximum Gasteiger partial charge on any atom is 0.416 e. The topological polar surface area (TPSA) is 64.8 Å². The highest BCUT2D eigenvalue weighted by Crippen LogP contribution is 2.43. The number of carbonyl (C=O) groups is 1. The van der Waals surface area contributed by atoms with E-state index in [9.17, 15) is 44.3 Å². The fourth-order valence-corrected chi connectivity index (χ4v) is 4.59. The predicted molar refractivity (Wildman–Crippen MR) is 129 cm³/mol. The van der Waals surface area contributed by atoms with E-state index in [0.717, 1.165) is 23.1 Å². The molecule has 220 valence electrons. The molecule has 1 heterocycles. The smallest absolute Gasteiger partial charge is 0.416 e. The Kier molecular flexibility index (Phi) is 7.56.